The zero-order valence-corrected chi connectivity index (χ0v) is 12.5. The van der Waals surface area contributed by atoms with Gasteiger partial charge in [0.05, 0.1) is 0 Å². The Morgan fingerprint density at radius 1 is 1.19 bits per heavy atom. The summed E-state index contributed by atoms with van der Waals surface area (Å²) in [5.41, 5.74) is 10.3. The average molecular weight is 280 g/mol. The molecule has 0 fully saturated rings. The lowest BCUT2D eigenvalue weighted by Gasteiger charge is -2.15. The Bertz CT molecular complexity index is 746. The van der Waals surface area contributed by atoms with E-state index in [1.165, 1.54) is 5.56 Å². The molecule has 108 valence electrons. The van der Waals surface area contributed by atoms with Crippen LogP contribution >= 0.6 is 0 Å². The molecular weight excluding hydrogens is 260 g/mol. The van der Waals surface area contributed by atoms with Crippen LogP contribution in [-0.2, 0) is 6.42 Å². The Morgan fingerprint density at radius 2 is 1.95 bits per heavy atom. The lowest BCUT2D eigenvalue weighted by atomic mass is 10.1. The van der Waals surface area contributed by atoms with E-state index in [0.29, 0.717) is 5.95 Å². The predicted molar refractivity (Wildman–Crippen MR) is 86.2 cm³/mol. The van der Waals surface area contributed by atoms with E-state index in [-0.39, 0.29) is 6.04 Å². The van der Waals surface area contributed by atoms with Gasteiger partial charge in [0, 0.05) is 12.2 Å². The predicted octanol–water partition coefficient (Wildman–Crippen LogP) is 3.52. The summed E-state index contributed by atoms with van der Waals surface area (Å²) >= 11 is 0. The van der Waals surface area contributed by atoms with Crippen LogP contribution in [-0.4, -0.2) is 14.5 Å². The van der Waals surface area contributed by atoms with Gasteiger partial charge in [0.1, 0.15) is 5.52 Å². The second-order valence-electron chi connectivity index (χ2n) is 5.51. The number of aromatic nitrogens is 3. The molecule has 1 unspecified atom stereocenters. The van der Waals surface area contributed by atoms with E-state index in [2.05, 4.69) is 41.2 Å². The van der Waals surface area contributed by atoms with Gasteiger partial charge in [-0.1, -0.05) is 30.3 Å². The molecule has 1 aromatic carbocycles. The Balaban J connectivity index is 1.86. The third kappa shape index (κ3) is 2.61. The van der Waals surface area contributed by atoms with Gasteiger partial charge in [-0.3, -0.25) is 4.57 Å². The Labute approximate surface area is 124 Å². The van der Waals surface area contributed by atoms with E-state index in [1.807, 2.05) is 29.8 Å². The minimum atomic E-state index is 0.268. The fourth-order valence-corrected chi connectivity index (χ4v) is 2.71. The van der Waals surface area contributed by atoms with E-state index in [1.54, 1.807) is 0 Å². The fourth-order valence-electron chi connectivity index (χ4n) is 2.71. The first-order chi connectivity index (χ1) is 10.2. The van der Waals surface area contributed by atoms with Crippen LogP contribution in [0.25, 0.3) is 11.2 Å². The van der Waals surface area contributed by atoms with Crippen molar-refractivity contribution in [2.75, 3.05) is 5.73 Å². The van der Waals surface area contributed by atoms with E-state index >= 15 is 0 Å². The number of benzene rings is 1. The van der Waals surface area contributed by atoms with Crippen molar-refractivity contribution in [2.24, 2.45) is 0 Å². The quantitative estimate of drug-likeness (QED) is 0.795. The first kappa shape index (κ1) is 13.6. The van der Waals surface area contributed by atoms with Crippen molar-refractivity contribution < 1.29 is 0 Å². The highest BCUT2D eigenvalue weighted by atomic mass is 15.2. The third-order valence-electron chi connectivity index (χ3n) is 3.94. The molecule has 0 saturated heterocycles. The van der Waals surface area contributed by atoms with Gasteiger partial charge >= 0.3 is 0 Å². The summed E-state index contributed by atoms with van der Waals surface area (Å²) in [7, 11) is 0. The van der Waals surface area contributed by atoms with Crippen molar-refractivity contribution >= 4 is 17.1 Å². The zero-order chi connectivity index (χ0) is 14.8. The second-order valence-corrected chi connectivity index (χ2v) is 5.51. The molecule has 0 bridgehead atoms. The first-order valence-corrected chi connectivity index (χ1v) is 7.29. The van der Waals surface area contributed by atoms with Gasteiger partial charge in [-0.2, -0.15) is 0 Å². The molecule has 0 radical (unpaired) electrons. The minimum Gasteiger partial charge on any atom is -0.369 e. The molecule has 0 aliphatic carbocycles. The molecule has 0 saturated carbocycles. The third-order valence-corrected chi connectivity index (χ3v) is 3.94. The SMILES string of the molecule is Cc1ccnc2c1nc(N)n2C(C)CCc1ccccc1. The zero-order valence-electron chi connectivity index (χ0n) is 12.5. The van der Waals surface area contributed by atoms with Crippen molar-refractivity contribution in [3.63, 3.8) is 0 Å². The van der Waals surface area contributed by atoms with Crippen LogP contribution in [0.2, 0.25) is 0 Å². The second kappa shape index (κ2) is 5.56. The summed E-state index contributed by atoms with van der Waals surface area (Å²) in [6, 6.07) is 12.7. The van der Waals surface area contributed by atoms with Crippen LogP contribution in [0, 0.1) is 6.92 Å². The molecule has 21 heavy (non-hydrogen) atoms. The number of pyridine rings is 1. The molecule has 0 spiro atoms. The molecule has 3 aromatic rings. The summed E-state index contributed by atoms with van der Waals surface area (Å²) in [4.78, 5) is 8.93. The van der Waals surface area contributed by atoms with Gasteiger partial charge in [0.2, 0.25) is 5.95 Å². The van der Waals surface area contributed by atoms with Crippen LogP contribution in [0.1, 0.15) is 30.5 Å². The van der Waals surface area contributed by atoms with Gasteiger partial charge in [-0.25, -0.2) is 9.97 Å². The summed E-state index contributed by atoms with van der Waals surface area (Å²) < 4.78 is 2.05. The topological polar surface area (TPSA) is 56.7 Å². The number of fused-ring (bicyclic) bond motifs is 1. The number of nitrogens with two attached hydrogens (primary N) is 1. The van der Waals surface area contributed by atoms with Crippen molar-refractivity contribution in [3.05, 3.63) is 53.7 Å². The lowest BCUT2D eigenvalue weighted by Crippen LogP contribution is -2.10. The van der Waals surface area contributed by atoms with Crippen molar-refractivity contribution in [2.45, 2.75) is 32.7 Å². The van der Waals surface area contributed by atoms with Gasteiger partial charge in [0.25, 0.3) is 0 Å². The first-order valence-electron chi connectivity index (χ1n) is 7.29. The number of nitrogens with zero attached hydrogens (tertiary/aromatic N) is 3. The van der Waals surface area contributed by atoms with E-state index in [9.17, 15) is 0 Å². The normalized spacial score (nSPS) is 12.7. The van der Waals surface area contributed by atoms with Gasteiger partial charge in [0.15, 0.2) is 5.65 Å². The van der Waals surface area contributed by atoms with Gasteiger partial charge < -0.3 is 5.73 Å². The molecule has 2 aromatic heterocycles. The Hall–Kier alpha value is -2.36. The largest absolute Gasteiger partial charge is 0.369 e. The number of hydrogen-bond acceptors (Lipinski definition) is 3. The Kier molecular flexibility index (Phi) is 3.60. The molecule has 0 aliphatic heterocycles. The van der Waals surface area contributed by atoms with Gasteiger partial charge in [-0.15, -0.1) is 0 Å². The number of rotatable bonds is 4. The van der Waals surface area contributed by atoms with Crippen LogP contribution in [0.3, 0.4) is 0 Å². The van der Waals surface area contributed by atoms with Crippen LogP contribution in [0.5, 0.6) is 0 Å². The molecule has 2 N–H and O–H groups in total. The number of nitrogen functional groups attached to an aromatic ring is 1. The highest BCUT2D eigenvalue weighted by Gasteiger charge is 2.16. The maximum atomic E-state index is 6.10. The van der Waals surface area contributed by atoms with Crippen molar-refractivity contribution in [3.8, 4) is 0 Å². The molecule has 4 nitrogen and oxygen atoms in total. The Morgan fingerprint density at radius 3 is 2.71 bits per heavy atom. The summed E-state index contributed by atoms with van der Waals surface area (Å²) in [5.74, 6) is 0.548. The molecule has 1 atom stereocenters. The summed E-state index contributed by atoms with van der Waals surface area (Å²) in [5, 5.41) is 0. The molecule has 0 amide bonds. The average Bonchev–Trinajstić information content (AvgIpc) is 2.84. The van der Waals surface area contributed by atoms with E-state index < -0.39 is 0 Å². The number of anilines is 1. The molecular formula is C17H20N4. The van der Waals surface area contributed by atoms with Crippen LogP contribution in [0.4, 0.5) is 5.95 Å². The summed E-state index contributed by atoms with van der Waals surface area (Å²) in [6.07, 6.45) is 3.85. The highest BCUT2D eigenvalue weighted by Crippen LogP contribution is 2.25. The molecule has 4 heteroatoms. The highest BCUT2D eigenvalue weighted by molar-refractivity contribution is 5.77. The standard InChI is InChI=1S/C17H20N4/c1-12-10-11-19-16-15(12)20-17(18)21(16)13(2)8-9-14-6-4-3-5-7-14/h3-7,10-11,13H,8-9H2,1-2H3,(H2,18,20). The monoisotopic (exact) mass is 280 g/mol. The van der Waals surface area contributed by atoms with Crippen LogP contribution in [0.15, 0.2) is 42.6 Å². The van der Waals surface area contributed by atoms with Crippen molar-refractivity contribution in [1.82, 2.24) is 14.5 Å². The maximum absolute atomic E-state index is 6.10. The number of hydrogen-bond donors (Lipinski definition) is 1. The smallest absolute Gasteiger partial charge is 0.202 e. The van der Waals surface area contributed by atoms with Gasteiger partial charge in [-0.05, 0) is 43.9 Å². The molecule has 0 aliphatic rings. The fraction of sp³-hybridized carbons (Fsp3) is 0.294. The van der Waals surface area contributed by atoms with E-state index in [4.69, 9.17) is 5.73 Å². The number of imidazole rings is 1. The minimum absolute atomic E-state index is 0.268. The van der Waals surface area contributed by atoms with Crippen molar-refractivity contribution in [1.29, 1.82) is 0 Å². The van der Waals surface area contributed by atoms with Crippen LogP contribution < -0.4 is 5.73 Å². The summed E-state index contributed by atoms with van der Waals surface area (Å²) in [6.45, 7) is 4.21. The lowest BCUT2D eigenvalue weighted by molar-refractivity contribution is 0.523. The molecule has 3 rings (SSSR count). The number of aryl methyl sites for hydroxylation is 2. The molecule has 2 heterocycles. The maximum Gasteiger partial charge on any atom is 0.202 e. The van der Waals surface area contributed by atoms with E-state index in [0.717, 1.165) is 29.6 Å².